The van der Waals surface area contributed by atoms with E-state index in [1.807, 2.05) is 140 Å². The van der Waals surface area contributed by atoms with Gasteiger partial charge in [-0.15, -0.1) is 0 Å². The molecule has 8 heteroatoms. The van der Waals surface area contributed by atoms with Crippen LogP contribution in [0.1, 0.15) is 40.3 Å². The van der Waals surface area contributed by atoms with E-state index in [9.17, 15) is 5.11 Å². The van der Waals surface area contributed by atoms with Crippen LogP contribution in [0.4, 0.5) is 0 Å². The molecule has 7 rings (SSSR count). The zero-order valence-corrected chi connectivity index (χ0v) is 28.7. The molecule has 5 unspecified atom stereocenters. The van der Waals surface area contributed by atoms with Gasteiger partial charge in [0.05, 0.1) is 26.4 Å². The minimum atomic E-state index is -1.84. The number of benzene rings is 5. The lowest BCUT2D eigenvalue weighted by atomic mass is 9.87. The van der Waals surface area contributed by atoms with Gasteiger partial charge in [-0.05, 0) is 65.4 Å². The standard InChI is InChI=1S/C42H41ClO7/c1-2-45-36-21-18-30(19-22-36)24-34-25-35(20-23-37(34)43)42-40(48-28-33-16-10-5-11-17-33)38(46-26-31-12-6-3-7-13-31)39(41(44,50-42)29-49-42)47-27-32-14-8-4-9-15-32/h3-23,25,38-40,44H,2,24,26-29H2,1H3. The van der Waals surface area contributed by atoms with Crippen LogP contribution in [0.3, 0.4) is 0 Å². The van der Waals surface area contributed by atoms with Crippen molar-refractivity contribution < 1.29 is 33.5 Å². The van der Waals surface area contributed by atoms with Gasteiger partial charge in [-0.25, -0.2) is 0 Å². The molecule has 1 N–H and O–H groups in total. The summed E-state index contributed by atoms with van der Waals surface area (Å²) in [5.74, 6) is -2.55. The van der Waals surface area contributed by atoms with Gasteiger partial charge in [-0.2, -0.15) is 0 Å². The molecule has 2 fully saturated rings. The van der Waals surface area contributed by atoms with Crippen molar-refractivity contribution in [1.82, 2.24) is 0 Å². The molecule has 0 aromatic heterocycles. The summed E-state index contributed by atoms with van der Waals surface area (Å²) in [5.41, 5.74) is 5.49. The van der Waals surface area contributed by atoms with Gasteiger partial charge in [0.15, 0.2) is 0 Å². The fourth-order valence-electron chi connectivity index (χ4n) is 6.66. The van der Waals surface area contributed by atoms with E-state index >= 15 is 0 Å². The summed E-state index contributed by atoms with van der Waals surface area (Å²) in [6.07, 6.45) is -2.03. The second-order valence-corrected chi connectivity index (χ2v) is 13.1. The van der Waals surface area contributed by atoms with E-state index in [1.54, 1.807) is 0 Å². The van der Waals surface area contributed by atoms with Gasteiger partial charge in [0.1, 0.15) is 30.7 Å². The van der Waals surface area contributed by atoms with Crippen molar-refractivity contribution in [2.24, 2.45) is 0 Å². The molecule has 5 aromatic rings. The van der Waals surface area contributed by atoms with Crippen LogP contribution in [-0.4, -0.2) is 42.4 Å². The topological polar surface area (TPSA) is 75.6 Å². The molecule has 2 aliphatic heterocycles. The minimum Gasteiger partial charge on any atom is -0.494 e. The van der Waals surface area contributed by atoms with E-state index in [1.165, 1.54) is 0 Å². The smallest absolute Gasteiger partial charge is 0.227 e. The summed E-state index contributed by atoms with van der Waals surface area (Å²) in [6, 6.07) is 43.3. The molecule has 50 heavy (non-hydrogen) atoms. The summed E-state index contributed by atoms with van der Waals surface area (Å²) < 4.78 is 39.0. The SMILES string of the molecule is CCOc1ccc(Cc2cc(C34OCC(O)(O3)C(OCc3ccccc3)C(OCc3ccccc3)C4OCc3ccccc3)ccc2Cl)cc1. The van der Waals surface area contributed by atoms with E-state index in [2.05, 4.69) is 0 Å². The number of aliphatic hydroxyl groups is 1. The Kier molecular flexibility index (Phi) is 10.6. The van der Waals surface area contributed by atoms with Crippen molar-refractivity contribution >= 4 is 11.6 Å². The van der Waals surface area contributed by atoms with E-state index in [0.717, 1.165) is 33.6 Å². The van der Waals surface area contributed by atoms with Gasteiger partial charge in [0.25, 0.3) is 0 Å². The Balaban J connectivity index is 1.27. The first-order valence-corrected chi connectivity index (χ1v) is 17.4. The maximum Gasteiger partial charge on any atom is 0.227 e. The Labute approximate surface area is 298 Å². The maximum atomic E-state index is 12.2. The van der Waals surface area contributed by atoms with E-state index in [0.29, 0.717) is 23.6 Å². The quantitative estimate of drug-likeness (QED) is 0.126. The molecule has 258 valence electrons. The summed E-state index contributed by atoms with van der Waals surface area (Å²) >= 11 is 6.81. The largest absolute Gasteiger partial charge is 0.494 e. The molecule has 0 spiro atoms. The Bertz CT molecular complexity index is 1820. The summed E-state index contributed by atoms with van der Waals surface area (Å²) in [4.78, 5) is 0. The summed E-state index contributed by atoms with van der Waals surface area (Å²) in [6.45, 7) is 3.15. The molecule has 2 aliphatic rings. The first-order valence-electron chi connectivity index (χ1n) is 17.0. The molecule has 2 saturated heterocycles. The first kappa shape index (κ1) is 34.4. The van der Waals surface area contributed by atoms with Crippen molar-refractivity contribution in [3.8, 4) is 5.75 Å². The predicted octanol–water partition coefficient (Wildman–Crippen LogP) is 7.99. The molecule has 5 aromatic carbocycles. The van der Waals surface area contributed by atoms with Crippen LogP contribution in [0, 0.1) is 0 Å². The first-order chi connectivity index (χ1) is 24.5. The molecule has 0 amide bonds. The molecule has 0 saturated carbocycles. The molecule has 2 bridgehead atoms. The number of fused-ring (bicyclic) bond motifs is 2. The van der Waals surface area contributed by atoms with Gasteiger partial charge in [0.2, 0.25) is 11.6 Å². The second kappa shape index (κ2) is 15.5. The Morgan fingerprint density at radius 1 is 0.680 bits per heavy atom. The van der Waals surface area contributed by atoms with Crippen LogP contribution >= 0.6 is 11.6 Å². The average Bonchev–Trinajstić information content (AvgIpc) is 3.48. The van der Waals surface area contributed by atoms with Gasteiger partial charge < -0.3 is 33.5 Å². The lowest BCUT2D eigenvalue weighted by Gasteiger charge is -2.49. The lowest BCUT2D eigenvalue weighted by molar-refractivity contribution is -0.388. The molecular formula is C42H41ClO7. The third-order valence-corrected chi connectivity index (χ3v) is 9.51. The fourth-order valence-corrected chi connectivity index (χ4v) is 6.84. The average molecular weight is 693 g/mol. The Hall–Kier alpha value is -4.05. The zero-order valence-electron chi connectivity index (χ0n) is 28.0. The van der Waals surface area contributed by atoms with E-state index < -0.39 is 29.9 Å². The number of rotatable bonds is 14. The third-order valence-electron chi connectivity index (χ3n) is 9.14. The Morgan fingerprint density at radius 3 is 1.82 bits per heavy atom. The normalized spacial score (nSPS) is 24.3. The monoisotopic (exact) mass is 692 g/mol. The van der Waals surface area contributed by atoms with Gasteiger partial charge in [0, 0.05) is 10.6 Å². The maximum absolute atomic E-state index is 12.2. The Morgan fingerprint density at radius 2 is 1.24 bits per heavy atom. The van der Waals surface area contributed by atoms with Gasteiger partial charge >= 0.3 is 0 Å². The van der Waals surface area contributed by atoms with Crippen molar-refractivity contribution in [3.63, 3.8) is 0 Å². The van der Waals surface area contributed by atoms with Crippen LogP contribution in [0.25, 0.3) is 0 Å². The van der Waals surface area contributed by atoms with E-state index in [4.69, 9.17) is 40.0 Å². The molecule has 2 heterocycles. The number of hydrogen-bond donors (Lipinski definition) is 1. The third kappa shape index (κ3) is 7.50. The summed E-state index contributed by atoms with van der Waals surface area (Å²) in [5, 5.41) is 12.8. The van der Waals surface area contributed by atoms with Crippen LogP contribution in [-0.2, 0) is 55.7 Å². The zero-order chi connectivity index (χ0) is 34.4. The summed E-state index contributed by atoms with van der Waals surface area (Å²) in [7, 11) is 0. The van der Waals surface area contributed by atoms with Crippen molar-refractivity contribution in [3.05, 3.63) is 172 Å². The highest BCUT2D eigenvalue weighted by molar-refractivity contribution is 6.31. The van der Waals surface area contributed by atoms with Gasteiger partial charge in [-0.3, -0.25) is 0 Å². The predicted molar refractivity (Wildman–Crippen MR) is 191 cm³/mol. The number of hydrogen-bond acceptors (Lipinski definition) is 7. The molecule has 0 radical (unpaired) electrons. The van der Waals surface area contributed by atoms with E-state index in [-0.39, 0.29) is 26.4 Å². The molecule has 7 nitrogen and oxygen atoms in total. The van der Waals surface area contributed by atoms with Crippen molar-refractivity contribution in [2.45, 2.75) is 63.1 Å². The molecular weight excluding hydrogens is 652 g/mol. The minimum absolute atomic E-state index is 0.153. The highest BCUT2D eigenvalue weighted by Gasteiger charge is 2.69. The van der Waals surface area contributed by atoms with Gasteiger partial charge in [-0.1, -0.05) is 121 Å². The number of ether oxygens (including phenoxy) is 6. The highest BCUT2D eigenvalue weighted by atomic mass is 35.5. The van der Waals surface area contributed by atoms with Crippen molar-refractivity contribution in [1.29, 1.82) is 0 Å². The number of halogens is 1. The van der Waals surface area contributed by atoms with Crippen LogP contribution in [0.5, 0.6) is 5.75 Å². The fraction of sp³-hybridized carbons (Fsp3) is 0.286. The highest BCUT2D eigenvalue weighted by Crippen LogP contribution is 2.52. The van der Waals surface area contributed by atoms with Crippen LogP contribution in [0.2, 0.25) is 5.02 Å². The molecule has 5 atom stereocenters. The van der Waals surface area contributed by atoms with Crippen LogP contribution < -0.4 is 4.74 Å². The molecule has 0 aliphatic carbocycles. The lowest BCUT2D eigenvalue weighted by Crippen LogP contribution is -2.66. The van der Waals surface area contributed by atoms with Crippen molar-refractivity contribution in [2.75, 3.05) is 13.2 Å². The van der Waals surface area contributed by atoms with Crippen LogP contribution in [0.15, 0.2) is 133 Å². The second-order valence-electron chi connectivity index (χ2n) is 12.7.